The maximum absolute atomic E-state index is 13.2. The van der Waals surface area contributed by atoms with Crippen molar-refractivity contribution in [1.29, 1.82) is 0 Å². The standard InChI is InChI=1S/C13H16FNO3/c1-13(2,3)18-12(16)15-6-7-17-11-5-4-9(14)8-10(11)15/h4-5,8H,6-7H2,1-3H3. The summed E-state index contributed by atoms with van der Waals surface area (Å²) in [5.41, 5.74) is -0.168. The first kappa shape index (κ1) is 12.7. The van der Waals surface area contributed by atoms with Crippen LogP contribution < -0.4 is 9.64 Å². The van der Waals surface area contributed by atoms with Gasteiger partial charge in [0.05, 0.1) is 12.2 Å². The number of carbonyl (C=O) groups excluding carboxylic acids is 1. The van der Waals surface area contributed by atoms with Crippen LogP contribution >= 0.6 is 0 Å². The lowest BCUT2D eigenvalue weighted by molar-refractivity contribution is 0.0567. The molecular weight excluding hydrogens is 237 g/mol. The monoisotopic (exact) mass is 253 g/mol. The third-order valence-corrected chi connectivity index (χ3v) is 2.40. The Bertz CT molecular complexity index is 468. The molecular formula is C13H16FNO3. The molecule has 0 N–H and O–H groups in total. The molecule has 1 aromatic carbocycles. The molecule has 0 spiro atoms. The van der Waals surface area contributed by atoms with Crippen LogP contribution in [-0.2, 0) is 4.74 Å². The Hall–Kier alpha value is -1.78. The Labute approximate surface area is 105 Å². The third-order valence-electron chi connectivity index (χ3n) is 2.40. The maximum atomic E-state index is 13.2. The number of halogens is 1. The van der Waals surface area contributed by atoms with E-state index < -0.39 is 17.5 Å². The topological polar surface area (TPSA) is 38.8 Å². The second-order valence-electron chi connectivity index (χ2n) is 5.09. The summed E-state index contributed by atoms with van der Waals surface area (Å²) in [5.74, 6) is 0.0846. The minimum Gasteiger partial charge on any atom is -0.490 e. The Morgan fingerprint density at radius 3 is 2.83 bits per heavy atom. The first-order valence-electron chi connectivity index (χ1n) is 5.80. The van der Waals surface area contributed by atoms with Gasteiger partial charge in [-0.2, -0.15) is 0 Å². The number of ether oxygens (including phenoxy) is 2. The number of rotatable bonds is 0. The van der Waals surface area contributed by atoms with Crippen molar-refractivity contribution < 1.29 is 18.7 Å². The highest BCUT2D eigenvalue weighted by Crippen LogP contribution is 2.32. The van der Waals surface area contributed by atoms with Crippen molar-refractivity contribution in [3.05, 3.63) is 24.0 Å². The van der Waals surface area contributed by atoms with Crippen LogP contribution in [0.3, 0.4) is 0 Å². The van der Waals surface area contributed by atoms with Gasteiger partial charge in [-0.3, -0.25) is 4.90 Å². The zero-order chi connectivity index (χ0) is 13.3. The van der Waals surface area contributed by atoms with Gasteiger partial charge in [-0.15, -0.1) is 0 Å². The highest BCUT2D eigenvalue weighted by atomic mass is 19.1. The fourth-order valence-corrected chi connectivity index (χ4v) is 1.70. The molecule has 4 nitrogen and oxygen atoms in total. The quantitative estimate of drug-likeness (QED) is 0.713. The first-order valence-corrected chi connectivity index (χ1v) is 5.80. The van der Waals surface area contributed by atoms with Crippen molar-refractivity contribution in [2.24, 2.45) is 0 Å². The van der Waals surface area contributed by atoms with Crippen LogP contribution in [0.1, 0.15) is 20.8 Å². The minimum absolute atomic E-state index is 0.353. The van der Waals surface area contributed by atoms with Crippen molar-refractivity contribution in [3.8, 4) is 5.75 Å². The number of hydrogen-bond acceptors (Lipinski definition) is 3. The molecule has 1 amide bonds. The first-order chi connectivity index (χ1) is 8.37. The van der Waals surface area contributed by atoms with E-state index in [1.807, 2.05) is 0 Å². The van der Waals surface area contributed by atoms with E-state index >= 15 is 0 Å². The van der Waals surface area contributed by atoms with Crippen molar-refractivity contribution in [3.63, 3.8) is 0 Å². The summed E-state index contributed by atoms with van der Waals surface area (Å²) in [6, 6.07) is 4.09. The zero-order valence-electron chi connectivity index (χ0n) is 10.7. The lowest BCUT2D eigenvalue weighted by Crippen LogP contribution is -2.41. The van der Waals surface area contributed by atoms with Gasteiger partial charge in [-0.05, 0) is 32.9 Å². The maximum Gasteiger partial charge on any atom is 0.415 e. The van der Waals surface area contributed by atoms with Crippen molar-refractivity contribution in [2.75, 3.05) is 18.1 Å². The van der Waals surface area contributed by atoms with Crippen molar-refractivity contribution >= 4 is 11.8 Å². The number of nitrogens with zero attached hydrogens (tertiary/aromatic N) is 1. The molecule has 1 heterocycles. The molecule has 18 heavy (non-hydrogen) atoms. The summed E-state index contributed by atoms with van der Waals surface area (Å²) in [5, 5.41) is 0. The van der Waals surface area contributed by atoms with Gasteiger partial charge in [0.2, 0.25) is 0 Å². The molecule has 0 unspecified atom stereocenters. The van der Waals surface area contributed by atoms with Gasteiger partial charge in [0.15, 0.2) is 0 Å². The lowest BCUT2D eigenvalue weighted by atomic mass is 10.2. The second kappa shape index (κ2) is 4.48. The molecule has 1 aliphatic rings. The number of benzene rings is 1. The largest absolute Gasteiger partial charge is 0.490 e. The molecule has 0 aromatic heterocycles. The van der Waals surface area contributed by atoms with E-state index in [1.54, 1.807) is 20.8 Å². The summed E-state index contributed by atoms with van der Waals surface area (Å²) in [4.78, 5) is 13.4. The van der Waals surface area contributed by atoms with Crippen LogP contribution in [0, 0.1) is 5.82 Å². The molecule has 2 rings (SSSR count). The molecule has 0 atom stereocenters. The number of fused-ring (bicyclic) bond motifs is 1. The molecule has 0 fully saturated rings. The van der Waals surface area contributed by atoms with Gasteiger partial charge < -0.3 is 9.47 Å². The van der Waals surface area contributed by atoms with E-state index in [2.05, 4.69) is 0 Å². The van der Waals surface area contributed by atoms with Gasteiger partial charge >= 0.3 is 6.09 Å². The van der Waals surface area contributed by atoms with E-state index in [0.29, 0.717) is 24.6 Å². The smallest absolute Gasteiger partial charge is 0.415 e. The van der Waals surface area contributed by atoms with Crippen LogP contribution in [0.25, 0.3) is 0 Å². The van der Waals surface area contributed by atoms with Crippen LogP contribution in [-0.4, -0.2) is 24.8 Å². The van der Waals surface area contributed by atoms with Gasteiger partial charge in [0, 0.05) is 6.07 Å². The molecule has 0 bridgehead atoms. The van der Waals surface area contributed by atoms with Crippen LogP contribution in [0.4, 0.5) is 14.9 Å². The Morgan fingerprint density at radius 1 is 1.44 bits per heavy atom. The fraction of sp³-hybridized carbons (Fsp3) is 0.462. The van der Waals surface area contributed by atoms with E-state index in [-0.39, 0.29) is 0 Å². The highest BCUT2D eigenvalue weighted by molar-refractivity contribution is 5.90. The Balaban J connectivity index is 2.27. The van der Waals surface area contributed by atoms with Crippen LogP contribution in [0.2, 0.25) is 0 Å². The zero-order valence-corrected chi connectivity index (χ0v) is 10.7. The third kappa shape index (κ3) is 2.72. The van der Waals surface area contributed by atoms with Crippen LogP contribution in [0.5, 0.6) is 5.75 Å². The molecule has 0 saturated carbocycles. The molecule has 1 aliphatic heterocycles. The summed E-state index contributed by atoms with van der Waals surface area (Å²) in [7, 11) is 0. The number of anilines is 1. The lowest BCUT2D eigenvalue weighted by Gasteiger charge is -2.31. The number of hydrogen-bond donors (Lipinski definition) is 0. The minimum atomic E-state index is -0.580. The van der Waals surface area contributed by atoms with Crippen molar-refractivity contribution in [2.45, 2.75) is 26.4 Å². The van der Waals surface area contributed by atoms with Gasteiger partial charge in [0.25, 0.3) is 0 Å². The van der Waals surface area contributed by atoms with Gasteiger partial charge in [-0.1, -0.05) is 0 Å². The van der Waals surface area contributed by atoms with E-state index in [9.17, 15) is 9.18 Å². The summed E-state index contributed by atoms with van der Waals surface area (Å²) < 4.78 is 23.9. The van der Waals surface area contributed by atoms with Crippen molar-refractivity contribution in [1.82, 2.24) is 0 Å². The molecule has 0 aliphatic carbocycles. The van der Waals surface area contributed by atoms with Gasteiger partial charge in [0.1, 0.15) is 23.8 Å². The number of carbonyl (C=O) groups is 1. The Kier molecular flexibility index (Phi) is 3.15. The predicted molar refractivity (Wildman–Crippen MR) is 65.5 cm³/mol. The molecule has 0 radical (unpaired) electrons. The number of amides is 1. The predicted octanol–water partition coefficient (Wildman–Crippen LogP) is 2.96. The molecule has 98 valence electrons. The van der Waals surface area contributed by atoms with Crippen LogP contribution in [0.15, 0.2) is 18.2 Å². The normalized spacial score (nSPS) is 14.8. The summed E-state index contributed by atoms with van der Waals surface area (Å²) >= 11 is 0. The SMILES string of the molecule is CC(C)(C)OC(=O)N1CCOc2ccc(F)cc21. The van der Waals surface area contributed by atoms with E-state index in [1.165, 1.54) is 23.1 Å². The molecule has 1 aromatic rings. The summed E-state index contributed by atoms with van der Waals surface area (Å²) in [6.45, 7) is 6.09. The molecule has 0 saturated heterocycles. The highest BCUT2D eigenvalue weighted by Gasteiger charge is 2.28. The van der Waals surface area contributed by atoms with E-state index in [0.717, 1.165) is 0 Å². The molecule has 5 heteroatoms. The Morgan fingerprint density at radius 2 is 2.17 bits per heavy atom. The second-order valence-corrected chi connectivity index (χ2v) is 5.09. The fourth-order valence-electron chi connectivity index (χ4n) is 1.70. The van der Waals surface area contributed by atoms with Gasteiger partial charge in [-0.25, -0.2) is 9.18 Å². The van der Waals surface area contributed by atoms with E-state index in [4.69, 9.17) is 9.47 Å². The summed E-state index contributed by atoms with van der Waals surface area (Å²) in [6.07, 6.45) is -0.488. The average Bonchev–Trinajstić information content (AvgIpc) is 2.25. The average molecular weight is 253 g/mol.